The number of thioether (sulfide) groups is 1. The van der Waals surface area contributed by atoms with Crippen molar-refractivity contribution in [1.82, 2.24) is 15.1 Å². The zero-order valence-corrected chi connectivity index (χ0v) is 20.3. The fraction of sp³-hybridized carbons (Fsp3) is 0.526. The molecular weight excluding hydrogens is 493 g/mol. The number of carbonyl (C=O) groups excluding carboxylic acids is 3. The summed E-state index contributed by atoms with van der Waals surface area (Å²) in [5, 5.41) is 3.57. The summed E-state index contributed by atoms with van der Waals surface area (Å²) in [6, 6.07) is 3.60. The van der Waals surface area contributed by atoms with Crippen LogP contribution >= 0.6 is 30.7 Å². The summed E-state index contributed by atoms with van der Waals surface area (Å²) in [5.41, 5.74) is -2.08. The molecule has 11 nitrogen and oxygen atoms in total. The smallest absolute Gasteiger partial charge is 0.410 e. The molecule has 33 heavy (non-hydrogen) atoms. The molecule has 0 saturated carbocycles. The SMILES string of the molecule is COC1(NC(=O)Cc2cccs2)C(=O)N2C(P(=O)(O)O)=C(COC(=O)N3CCCC3)CS[C@H]21. The molecule has 3 aliphatic rings. The maximum atomic E-state index is 13.1. The van der Waals surface area contributed by atoms with Gasteiger partial charge in [-0.25, -0.2) is 4.79 Å². The van der Waals surface area contributed by atoms with E-state index in [9.17, 15) is 28.7 Å². The summed E-state index contributed by atoms with van der Waals surface area (Å²) in [5.74, 6) is -1.14. The highest BCUT2D eigenvalue weighted by atomic mass is 32.2. The number of hydrogen-bond donors (Lipinski definition) is 3. The Morgan fingerprint density at radius 2 is 2.06 bits per heavy atom. The van der Waals surface area contributed by atoms with Gasteiger partial charge >= 0.3 is 13.7 Å². The Kier molecular flexibility index (Phi) is 6.90. The van der Waals surface area contributed by atoms with Crippen LogP contribution in [0.25, 0.3) is 0 Å². The van der Waals surface area contributed by atoms with Gasteiger partial charge in [-0.15, -0.1) is 23.1 Å². The lowest BCUT2D eigenvalue weighted by molar-refractivity contribution is -0.190. The second-order valence-electron chi connectivity index (χ2n) is 7.80. The minimum atomic E-state index is -4.91. The van der Waals surface area contributed by atoms with Crippen LogP contribution in [0.15, 0.2) is 28.5 Å². The molecule has 1 aromatic rings. The van der Waals surface area contributed by atoms with E-state index in [0.29, 0.717) is 13.1 Å². The Hall–Kier alpha value is -1.89. The lowest BCUT2D eigenvalue weighted by atomic mass is 10.0. The van der Waals surface area contributed by atoms with Crippen LogP contribution in [0.2, 0.25) is 0 Å². The number of methoxy groups -OCH3 is 1. The van der Waals surface area contributed by atoms with E-state index in [-0.39, 0.29) is 24.4 Å². The molecule has 1 aromatic heterocycles. The summed E-state index contributed by atoms with van der Waals surface area (Å²) in [4.78, 5) is 61.2. The number of carbonyl (C=O) groups is 3. The number of fused-ring (bicyclic) bond motifs is 1. The predicted octanol–water partition coefficient (Wildman–Crippen LogP) is 1.29. The molecule has 2 fully saturated rings. The molecule has 0 radical (unpaired) electrons. The van der Waals surface area contributed by atoms with E-state index in [2.05, 4.69) is 5.32 Å². The van der Waals surface area contributed by atoms with E-state index in [1.807, 2.05) is 11.4 Å². The van der Waals surface area contributed by atoms with Crippen molar-refractivity contribution in [2.75, 3.05) is 32.6 Å². The number of amides is 3. The van der Waals surface area contributed by atoms with E-state index in [1.165, 1.54) is 35.1 Å². The Labute approximate surface area is 198 Å². The number of nitrogens with zero attached hydrogens (tertiary/aromatic N) is 2. The molecule has 0 aromatic carbocycles. The number of rotatable bonds is 7. The van der Waals surface area contributed by atoms with Crippen molar-refractivity contribution in [1.29, 1.82) is 0 Å². The van der Waals surface area contributed by atoms with Crippen LogP contribution in [-0.4, -0.2) is 81.2 Å². The third-order valence-corrected chi connectivity index (χ3v) is 8.98. The summed E-state index contributed by atoms with van der Waals surface area (Å²) >= 11 is 2.57. The minimum absolute atomic E-state index is 0.0480. The lowest BCUT2D eigenvalue weighted by Crippen LogP contribution is -2.80. The fourth-order valence-electron chi connectivity index (χ4n) is 4.09. The highest BCUT2D eigenvalue weighted by Crippen LogP contribution is 2.58. The second-order valence-corrected chi connectivity index (χ2v) is 11.4. The van der Waals surface area contributed by atoms with Crippen LogP contribution in [-0.2, 0) is 30.0 Å². The molecule has 0 bridgehead atoms. The molecule has 3 aliphatic heterocycles. The van der Waals surface area contributed by atoms with Crippen molar-refractivity contribution >= 4 is 48.6 Å². The van der Waals surface area contributed by atoms with Gasteiger partial charge < -0.3 is 29.5 Å². The molecule has 0 spiro atoms. The highest BCUT2D eigenvalue weighted by molar-refractivity contribution is 8.00. The van der Waals surface area contributed by atoms with Gasteiger partial charge in [0.25, 0.3) is 11.6 Å². The summed E-state index contributed by atoms with van der Waals surface area (Å²) < 4.78 is 23.0. The van der Waals surface area contributed by atoms with Gasteiger partial charge in [0, 0.05) is 36.4 Å². The number of thiophene rings is 1. The van der Waals surface area contributed by atoms with Crippen molar-refractivity contribution in [3.8, 4) is 0 Å². The van der Waals surface area contributed by atoms with E-state index in [0.717, 1.165) is 22.6 Å². The average molecular weight is 518 g/mol. The van der Waals surface area contributed by atoms with Crippen molar-refractivity contribution in [3.05, 3.63) is 33.4 Å². The van der Waals surface area contributed by atoms with E-state index in [1.54, 1.807) is 6.07 Å². The molecule has 3 amide bonds. The minimum Gasteiger partial charge on any atom is -0.445 e. The van der Waals surface area contributed by atoms with Crippen LogP contribution < -0.4 is 5.32 Å². The monoisotopic (exact) mass is 517 g/mol. The Balaban J connectivity index is 1.52. The first kappa shape index (κ1) is 24.2. The third kappa shape index (κ3) is 4.58. The molecule has 1 unspecified atom stereocenters. The summed E-state index contributed by atoms with van der Waals surface area (Å²) in [7, 11) is -3.65. The Bertz CT molecular complexity index is 1020. The normalized spacial score (nSPS) is 25.1. The number of likely N-dealkylation sites (tertiary alicyclic amines) is 1. The summed E-state index contributed by atoms with van der Waals surface area (Å²) in [6.45, 7) is 0.808. The summed E-state index contributed by atoms with van der Waals surface area (Å²) in [6.07, 6.45) is 1.25. The maximum Gasteiger partial charge on any atom is 0.410 e. The number of ether oxygens (including phenoxy) is 2. The largest absolute Gasteiger partial charge is 0.445 e. The van der Waals surface area contributed by atoms with Crippen LogP contribution in [0.3, 0.4) is 0 Å². The van der Waals surface area contributed by atoms with E-state index in [4.69, 9.17) is 9.47 Å². The molecule has 0 aliphatic carbocycles. The van der Waals surface area contributed by atoms with Gasteiger partial charge in [0.2, 0.25) is 5.91 Å². The Morgan fingerprint density at radius 3 is 2.67 bits per heavy atom. The molecule has 3 N–H and O–H groups in total. The second kappa shape index (κ2) is 9.40. The van der Waals surface area contributed by atoms with Crippen LogP contribution in [0, 0.1) is 0 Å². The van der Waals surface area contributed by atoms with Gasteiger partial charge in [-0.2, -0.15) is 0 Å². The lowest BCUT2D eigenvalue weighted by Gasteiger charge is -2.56. The molecule has 4 heterocycles. The molecule has 4 rings (SSSR count). The van der Waals surface area contributed by atoms with Crippen LogP contribution in [0.4, 0.5) is 4.79 Å². The highest BCUT2D eigenvalue weighted by Gasteiger charge is 2.67. The molecule has 2 saturated heterocycles. The van der Waals surface area contributed by atoms with Gasteiger partial charge in [-0.1, -0.05) is 6.07 Å². The first-order valence-electron chi connectivity index (χ1n) is 10.2. The Morgan fingerprint density at radius 1 is 1.33 bits per heavy atom. The quantitative estimate of drug-likeness (QED) is 0.277. The maximum absolute atomic E-state index is 13.1. The first-order valence-corrected chi connectivity index (χ1v) is 13.7. The zero-order chi connectivity index (χ0) is 23.8. The van der Waals surface area contributed by atoms with Gasteiger partial charge in [0.15, 0.2) is 0 Å². The van der Waals surface area contributed by atoms with Crippen molar-refractivity contribution in [3.63, 3.8) is 0 Å². The average Bonchev–Trinajstić information content (AvgIpc) is 3.48. The van der Waals surface area contributed by atoms with Crippen LogP contribution in [0.5, 0.6) is 0 Å². The van der Waals surface area contributed by atoms with E-state index < -0.39 is 42.0 Å². The van der Waals surface area contributed by atoms with Gasteiger partial charge in [0.05, 0.1) is 6.42 Å². The van der Waals surface area contributed by atoms with Crippen molar-refractivity contribution in [2.24, 2.45) is 0 Å². The fourth-order valence-corrected chi connectivity index (χ4v) is 7.44. The van der Waals surface area contributed by atoms with Crippen molar-refractivity contribution in [2.45, 2.75) is 30.4 Å². The predicted molar refractivity (Wildman–Crippen MR) is 120 cm³/mol. The molecule has 2 atom stereocenters. The zero-order valence-electron chi connectivity index (χ0n) is 17.8. The van der Waals surface area contributed by atoms with Gasteiger partial charge in [-0.3, -0.25) is 19.1 Å². The standard InChI is InChI=1S/C19H24N3O8PS2/c1-29-19(20-14(23)9-13-5-4-8-32-13)16(24)22-15(31(26,27)28)12(11-33-17(19)22)10-30-18(25)21-6-2-3-7-21/h4-5,8,17H,2-3,6-7,9-11H2,1H3,(H,20,23)(H2,26,27,28)/t17-,19?/m0/s1. The molecular formula is C19H24N3O8PS2. The van der Waals surface area contributed by atoms with Gasteiger partial charge in [0.1, 0.15) is 17.4 Å². The first-order chi connectivity index (χ1) is 15.7. The van der Waals surface area contributed by atoms with Crippen LogP contribution in [0.1, 0.15) is 17.7 Å². The molecule has 180 valence electrons. The molecule has 14 heteroatoms. The number of β-lactam (4-membered cyclic amide) rings is 1. The topological polar surface area (TPSA) is 146 Å². The number of hydrogen-bond acceptors (Lipinski definition) is 8. The van der Waals surface area contributed by atoms with E-state index >= 15 is 0 Å². The number of nitrogens with one attached hydrogen (secondary N) is 1. The van der Waals surface area contributed by atoms with Gasteiger partial charge in [-0.05, 0) is 24.3 Å². The third-order valence-electron chi connectivity index (χ3n) is 5.65. The van der Waals surface area contributed by atoms with Crippen molar-refractivity contribution < 1.29 is 38.2 Å².